The molecule has 34 heavy (non-hydrogen) atoms. The monoisotopic (exact) mass is 517 g/mol. The fourth-order valence-electron chi connectivity index (χ4n) is 3.34. The maximum Gasteiger partial charge on any atom is 0.308 e. The molecule has 0 aliphatic heterocycles. The van der Waals surface area contributed by atoms with Gasteiger partial charge in [0.1, 0.15) is 0 Å². The molecule has 186 valence electrons. The molecule has 0 spiro atoms. The predicted octanol–water partition coefficient (Wildman–Crippen LogP) is 6.08. The van der Waals surface area contributed by atoms with E-state index in [1.165, 1.54) is 31.0 Å². The summed E-state index contributed by atoms with van der Waals surface area (Å²) < 4.78 is 44.8. The lowest BCUT2D eigenvalue weighted by molar-refractivity contribution is -0.145. The molecule has 0 saturated heterocycles. The summed E-state index contributed by atoms with van der Waals surface area (Å²) in [5, 5.41) is 12.4. The molecule has 0 heterocycles. The normalized spacial score (nSPS) is 13.8. The van der Waals surface area contributed by atoms with Crippen LogP contribution in [0.25, 0.3) is 0 Å². The molecule has 2 N–H and O–H groups in total. The molecule has 0 fully saturated rings. The van der Waals surface area contributed by atoms with Crippen molar-refractivity contribution in [1.29, 1.82) is 0 Å². The molecule has 0 aliphatic rings. The minimum atomic E-state index is -1.62. The van der Waals surface area contributed by atoms with E-state index in [4.69, 9.17) is 16.3 Å². The molecule has 0 radical (unpaired) electrons. The van der Waals surface area contributed by atoms with Crippen molar-refractivity contribution in [3.63, 3.8) is 0 Å². The lowest BCUT2D eigenvalue weighted by atomic mass is 9.92. The summed E-state index contributed by atoms with van der Waals surface area (Å²) in [6, 6.07) is 5.93. The first-order valence-electron chi connectivity index (χ1n) is 10.7. The third-order valence-corrected chi connectivity index (χ3v) is 6.92. The molecule has 5 nitrogen and oxygen atoms in total. The van der Waals surface area contributed by atoms with E-state index in [2.05, 4.69) is 5.32 Å². The Morgan fingerprint density at radius 2 is 1.76 bits per heavy atom. The van der Waals surface area contributed by atoms with Crippen LogP contribution in [0.15, 0.2) is 35.2 Å². The van der Waals surface area contributed by atoms with Gasteiger partial charge in [0.2, 0.25) is 0 Å². The van der Waals surface area contributed by atoms with E-state index in [0.717, 1.165) is 0 Å². The summed E-state index contributed by atoms with van der Waals surface area (Å²) in [6.45, 7) is 3.48. The molecular weight excluding hydrogens is 491 g/mol. The minimum Gasteiger partial charge on any atom is -0.469 e. The van der Waals surface area contributed by atoms with E-state index in [1.54, 1.807) is 19.9 Å². The van der Waals surface area contributed by atoms with Gasteiger partial charge in [-0.15, -0.1) is 11.8 Å². The van der Waals surface area contributed by atoms with E-state index >= 15 is 0 Å². The maximum absolute atomic E-state index is 13.4. The van der Waals surface area contributed by atoms with Crippen molar-refractivity contribution in [3.8, 4) is 0 Å². The van der Waals surface area contributed by atoms with Crippen LogP contribution in [-0.4, -0.2) is 35.9 Å². The molecule has 0 aliphatic carbocycles. The lowest BCUT2D eigenvalue weighted by Gasteiger charge is -2.20. The highest BCUT2D eigenvalue weighted by Gasteiger charge is 2.21. The summed E-state index contributed by atoms with van der Waals surface area (Å²) in [5.74, 6) is -5.05. The third kappa shape index (κ3) is 8.21. The standard InChI is InChI=1S/C24H27ClF3NO4S/c1-13(24(32)33-3)8-15(5-4-14(2)30)12-34-21-9-16(6-7-18(21)25)23(31)29-17-10-19(26)22(28)20(27)11-17/h6-7,9-11,13-15,30H,4-5,8,12H2,1-3H3,(H,29,31). The number of ether oxygens (including phenoxy) is 1. The second-order valence-corrected chi connectivity index (χ2v) is 9.59. The van der Waals surface area contributed by atoms with Crippen LogP contribution in [-0.2, 0) is 9.53 Å². The van der Waals surface area contributed by atoms with Crippen molar-refractivity contribution < 1.29 is 32.6 Å². The Bertz CT molecular complexity index is 999. The van der Waals surface area contributed by atoms with Crippen molar-refractivity contribution >= 4 is 40.9 Å². The zero-order valence-corrected chi connectivity index (χ0v) is 20.6. The third-order valence-electron chi connectivity index (χ3n) is 5.19. The molecule has 2 aromatic rings. The molecule has 1 amide bonds. The summed E-state index contributed by atoms with van der Waals surface area (Å²) in [6.07, 6.45) is 1.34. The predicted molar refractivity (Wildman–Crippen MR) is 127 cm³/mol. The van der Waals surface area contributed by atoms with Crippen molar-refractivity contribution in [2.24, 2.45) is 11.8 Å². The number of hydrogen-bond acceptors (Lipinski definition) is 5. The van der Waals surface area contributed by atoms with Gasteiger partial charge < -0.3 is 15.2 Å². The molecule has 2 aromatic carbocycles. The topological polar surface area (TPSA) is 75.6 Å². The zero-order chi connectivity index (χ0) is 25.4. The van der Waals surface area contributed by atoms with Crippen LogP contribution in [0, 0.1) is 29.3 Å². The van der Waals surface area contributed by atoms with Gasteiger partial charge in [-0.1, -0.05) is 18.5 Å². The maximum atomic E-state index is 13.4. The molecule has 0 bridgehead atoms. The van der Waals surface area contributed by atoms with Gasteiger partial charge in [0.15, 0.2) is 17.5 Å². The fourth-order valence-corrected chi connectivity index (χ4v) is 4.75. The van der Waals surface area contributed by atoms with Crippen molar-refractivity contribution in [1.82, 2.24) is 0 Å². The van der Waals surface area contributed by atoms with Gasteiger partial charge in [-0.2, -0.15) is 0 Å². The van der Waals surface area contributed by atoms with Crippen LogP contribution in [0.4, 0.5) is 18.9 Å². The Morgan fingerprint density at radius 1 is 1.12 bits per heavy atom. The molecule has 10 heteroatoms. The van der Waals surface area contributed by atoms with Crippen LogP contribution in [0.2, 0.25) is 5.02 Å². The number of rotatable bonds is 11. The largest absolute Gasteiger partial charge is 0.469 e. The SMILES string of the molecule is COC(=O)C(C)CC(CCC(C)O)CSc1cc(C(=O)Nc2cc(F)c(F)c(F)c2)ccc1Cl. The Morgan fingerprint density at radius 3 is 2.35 bits per heavy atom. The second kappa shape index (κ2) is 13.0. The number of hydrogen-bond donors (Lipinski definition) is 2. The number of aliphatic hydroxyl groups excluding tert-OH is 1. The van der Waals surface area contributed by atoms with Gasteiger partial charge in [-0.25, -0.2) is 13.2 Å². The molecule has 0 saturated carbocycles. The van der Waals surface area contributed by atoms with E-state index in [0.29, 0.717) is 47.1 Å². The van der Waals surface area contributed by atoms with Crippen molar-refractivity contribution in [3.05, 3.63) is 58.4 Å². The number of methoxy groups -OCH3 is 1. The Kier molecular flexibility index (Phi) is 10.7. The van der Waals surface area contributed by atoms with Crippen LogP contribution < -0.4 is 5.32 Å². The summed E-state index contributed by atoms with van der Waals surface area (Å²) >= 11 is 7.70. The van der Waals surface area contributed by atoms with Gasteiger partial charge in [0.05, 0.1) is 24.2 Å². The quantitative estimate of drug-likeness (QED) is 0.215. The highest BCUT2D eigenvalue weighted by Crippen LogP contribution is 2.33. The number of amides is 1. The average Bonchev–Trinajstić information content (AvgIpc) is 2.79. The first-order chi connectivity index (χ1) is 16.0. The van der Waals surface area contributed by atoms with Gasteiger partial charge in [-0.3, -0.25) is 9.59 Å². The highest BCUT2D eigenvalue weighted by molar-refractivity contribution is 7.99. The molecule has 2 rings (SSSR count). The number of esters is 1. The number of carbonyl (C=O) groups excluding carboxylic acids is 2. The van der Waals surface area contributed by atoms with Crippen LogP contribution in [0.5, 0.6) is 0 Å². The first-order valence-corrected chi connectivity index (χ1v) is 12.0. The van der Waals surface area contributed by atoms with Crippen LogP contribution in [0.1, 0.15) is 43.5 Å². The first kappa shape index (κ1) is 28.0. The molecular formula is C24H27ClF3NO4S. The van der Waals surface area contributed by atoms with Crippen LogP contribution in [0.3, 0.4) is 0 Å². The highest BCUT2D eigenvalue weighted by atomic mass is 35.5. The smallest absolute Gasteiger partial charge is 0.308 e. The number of anilines is 1. The number of halogens is 4. The lowest BCUT2D eigenvalue weighted by Crippen LogP contribution is -2.19. The van der Waals surface area contributed by atoms with Gasteiger partial charge in [0.25, 0.3) is 5.91 Å². The Hall–Kier alpha value is -2.23. The van der Waals surface area contributed by atoms with Crippen molar-refractivity contribution in [2.45, 2.75) is 44.1 Å². The Balaban J connectivity index is 2.12. The molecule has 0 aromatic heterocycles. The number of nitrogens with one attached hydrogen (secondary N) is 1. The summed E-state index contributed by atoms with van der Waals surface area (Å²) in [4.78, 5) is 25.0. The summed E-state index contributed by atoms with van der Waals surface area (Å²) in [5.41, 5.74) is -0.0268. The fraction of sp³-hybridized carbons (Fsp3) is 0.417. The minimum absolute atomic E-state index is 0.0763. The number of aliphatic hydroxyl groups is 1. The second-order valence-electron chi connectivity index (χ2n) is 8.12. The van der Waals surface area contributed by atoms with Gasteiger partial charge in [0, 0.05) is 34.0 Å². The van der Waals surface area contributed by atoms with Crippen LogP contribution >= 0.6 is 23.4 Å². The molecule has 3 unspecified atom stereocenters. The zero-order valence-electron chi connectivity index (χ0n) is 19.0. The number of benzene rings is 2. The van der Waals surface area contributed by atoms with Gasteiger partial charge in [-0.05, 0) is 50.3 Å². The van der Waals surface area contributed by atoms with E-state index in [1.807, 2.05) is 0 Å². The van der Waals surface area contributed by atoms with E-state index in [-0.39, 0.29) is 29.1 Å². The molecule has 3 atom stereocenters. The number of thioether (sulfide) groups is 1. The Labute approximate surface area is 206 Å². The van der Waals surface area contributed by atoms with E-state index < -0.39 is 29.5 Å². The van der Waals surface area contributed by atoms with E-state index in [9.17, 15) is 27.9 Å². The average molecular weight is 518 g/mol. The van der Waals surface area contributed by atoms with Gasteiger partial charge >= 0.3 is 5.97 Å². The van der Waals surface area contributed by atoms with Crippen molar-refractivity contribution in [2.75, 3.05) is 18.2 Å². The number of carbonyl (C=O) groups is 2. The summed E-state index contributed by atoms with van der Waals surface area (Å²) in [7, 11) is 1.34.